The monoisotopic (exact) mass is 130 g/mol. The molecule has 1 aliphatic rings. The van der Waals surface area contributed by atoms with Crippen LogP contribution in [0.4, 0.5) is 0 Å². The molecule has 2 heteroatoms. The highest BCUT2D eigenvalue weighted by atomic mass is 32.2. The Hall–Kier alpha value is 0.0500. The summed E-state index contributed by atoms with van der Waals surface area (Å²) < 4.78 is 0. The standard InChI is InChI=1S/C6H10OS/c1-5(7)6-2-3-8-4-6/h2,5,7H,3-4H2,1H3. The van der Waals surface area contributed by atoms with Gasteiger partial charge in [0.2, 0.25) is 0 Å². The molecule has 1 aliphatic heterocycles. The maximum absolute atomic E-state index is 8.97. The lowest BCUT2D eigenvalue weighted by molar-refractivity contribution is 0.232. The van der Waals surface area contributed by atoms with Gasteiger partial charge in [-0.2, -0.15) is 11.8 Å². The molecule has 0 spiro atoms. The van der Waals surface area contributed by atoms with Gasteiger partial charge in [0.05, 0.1) is 6.10 Å². The number of hydrogen-bond acceptors (Lipinski definition) is 2. The van der Waals surface area contributed by atoms with Gasteiger partial charge in [0.15, 0.2) is 0 Å². The minimum Gasteiger partial charge on any atom is -0.389 e. The van der Waals surface area contributed by atoms with Crippen LogP contribution in [0.5, 0.6) is 0 Å². The van der Waals surface area contributed by atoms with E-state index in [9.17, 15) is 0 Å². The van der Waals surface area contributed by atoms with E-state index in [0.717, 1.165) is 11.5 Å². The topological polar surface area (TPSA) is 20.2 Å². The minimum absolute atomic E-state index is 0.218. The summed E-state index contributed by atoms with van der Waals surface area (Å²) in [4.78, 5) is 0. The number of aliphatic hydroxyl groups is 1. The fourth-order valence-corrected chi connectivity index (χ4v) is 1.74. The van der Waals surface area contributed by atoms with Crippen LogP contribution in [0.15, 0.2) is 11.6 Å². The van der Waals surface area contributed by atoms with Crippen LogP contribution in [0, 0.1) is 0 Å². The van der Waals surface area contributed by atoms with Gasteiger partial charge in [-0.1, -0.05) is 6.08 Å². The van der Waals surface area contributed by atoms with Crippen LogP contribution in [0.3, 0.4) is 0 Å². The van der Waals surface area contributed by atoms with E-state index < -0.39 is 0 Å². The summed E-state index contributed by atoms with van der Waals surface area (Å²) in [5.74, 6) is 2.11. The average molecular weight is 130 g/mol. The molecule has 1 heterocycles. The molecule has 1 N–H and O–H groups in total. The third-order valence-corrected chi connectivity index (χ3v) is 2.21. The summed E-state index contributed by atoms with van der Waals surface area (Å²) in [7, 11) is 0. The zero-order valence-electron chi connectivity index (χ0n) is 4.92. The van der Waals surface area contributed by atoms with Crippen LogP contribution >= 0.6 is 11.8 Å². The van der Waals surface area contributed by atoms with Crippen LogP contribution in [0.25, 0.3) is 0 Å². The quantitative estimate of drug-likeness (QED) is 0.535. The fraction of sp³-hybridized carbons (Fsp3) is 0.667. The highest BCUT2D eigenvalue weighted by Crippen LogP contribution is 2.18. The number of thioether (sulfide) groups is 1. The molecule has 0 amide bonds. The first-order valence-electron chi connectivity index (χ1n) is 2.75. The Morgan fingerprint density at radius 3 is 2.88 bits per heavy atom. The van der Waals surface area contributed by atoms with Gasteiger partial charge in [-0.3, -0.25) is 0 Å². The number of rotatable bonds is 1. The third-order valence-electron chi connectivity index (χ3n) is 1.27. The maximum atomic E-state index is 8.97. The Bertz CT molecular complexity index is 107. The smallest absolute Gasteiger partial charge is 0.0730 e. The molecule has 0 fully saturated rings. The molecule has 0 aromatic rings. The molecule has 0 bridgehead atoms. The van der Waals surface area contributed by atoms with Gasteiger partial charge < -0.3 is 5.11 Å². The molecule has 1 rings (SSSR count). The Morgan fingerprint density at radius 2 is 2.62 bits per heavy atom. The first kappa shape index (κ1) is 6.17. The van der Waals surface area contributed by atoms with Gasteiger partial charge in [-0.15, -0.1) is 0 Å². The molecule has 0 aromatic carbocycles. The first-order chi connectivity index (χ1) is 3.80. The maximum Gasteiger partial charge on any atom is 0.0730 e. The molecule has 1 unspecified atom stereocenters. The Labute approximate surface area is 53.8 Å². The highest BCUT2D eigenvalue weighted by molar-refractivity contribution is 7.99. The molecule has 0 radical (unpaired) electrons. The molecule has 8 heavy (non-hydrogen) atoms. The summed E-state index contributed by atoms with van der Waals surface area (Å²) in [6, 6.07) is 0. The summed E-state index contributed by atoms with van der Waals surface area (Å²) in [5, 5.41) is 8.97. The average Bonchev–Trinajstić information content (AvgIpc) is 2.12. The van der Waals surface area contributed by atoms with Crippen molar-refractivity contribution in [1.82, 2.24) is 0 Å². The van der Waals surface area contributed by atoms with E-state index in [0.29, 0.717) is 0 Å². The van der Waals surface area contributed by atoms with Crippen LogP contribution < -0.4 is 0 Å². The van der Waals surface area contributed by atoms with E-state index >= 15 is 0 Å². The second-order valence-corrected chi connectivity index (χ2v) is 3.00. The Balaban J connectivity index is 2.45. The Kier molecular flexibility index (Phi) is 1.97. The van der Waals surface area contributed by atoms with E-state index in [1.807, 2.05) is 18.7 Å². The molecule has 0 saturated heterocycles. The third kappa shape index (κ3) is 1.26. The van der Waals surface area contributed by atoms with E-state index in [4.69, 9.17) is 5.11 Å². The second-order valence-electron chi connectivity index (χ2n) is 1.97. The summed E-state index contributed by atoms with van der Waals surface area (Å²) in [6.07, 6.45) is 1.89. The zero-order chi connectivity index (χ0) is 5.98. The van der Waals surface area contributed by atoms with Crippen molar-refractivity contribution in [3.8, 4) is 0 Å². The van der Waals surface area contributed by atoms with Crippen molar-refractivity contribution in [2.75, 3.05) is 11.5 Å². The van der Waals surface area contributed by atoms with Gasteiger partial charge in [-0.05, 0) is 12.5 Å². The molecule has 46 valence electrons. The minimum atomic E-state index is -0.218. The van der Waals surface area contributed by atoms with Crippen LogP contribution in [0.1, 0.15) is 6.92 Å². The normalized spacial score (nSPS) is 23.0. The van der Waals surface area contributed by atoms with E-state index in [1.54, 1.807) is 0 Å². The Morgan fingerprint density at radius 1 is 1.88 bits per heavy atom. The molecule has 0 aromatic heterocycles. The number of aliphatic hydroxyl groups excluding tert-OH is 1. The fourth-order valence-electron chi connectivity index (χ4n) is 0.693. The van der Waals surface area contributed by atoms with E-state index in [2.05, 4.69) is 6.08 Å². The van der Waals surface area contributed by atoms with Gasteiger partial charge in [0.25, 0.3) is 0 Å². The van der Waals surface area contributed by atoms with Crippen LogP contribution in [0.2, 0.25) is 0 Å². The van der Waals surface area contributed by atoms with Crippen molar-refractivity contribution in [3.05, 3.63) is 11.6 Å². The predicted octanol–water partition coefficient (Wildman–Crippen LogP) is 1.04. The largest absolute Gasteiger partial charge is 0.389 e. The van der Waals surface area contributed by atoms with Crippen molar-refractivity contribution < 1.29 is 5.11 Å². The predicted molar refractivity (Wildman–Crippen MR) is 37.1 cm³/mol. The van der Waals surface area contributed by atoms with Gasteiger partial charge in [0.1, 0.15) is 0 Å². The molecule has 0 aliphatic carbocycles. The summed E-state index contributed by atoms with van der Waals surface area (Å²) >= 11 is 1.86. The molecule has 1 nitrogen and oxygen atoms in total. The SMILES string of the molecule is CC(O)C1=CCSC1. The molecule has 0 saturated carbocycles. The van der Waals surface area contributed by atoms with Crippen LogP contribution in [-0.4, -0.2) is 22.7 Å². The van der Waals surface area contributed by atoms with Crippen molar-refractivity contribution in [2.45, 2.75) is 13.0 Å². The van der Waals surface area contributed by atoms with E-state index in [-0.39, 0.29) is 6.10 Å². The van der Waals surface area contributed by atoms with Crippen LogP contribution in [-0.2, 0) is 0 Å². The van der Waals surface area contributed by atoms with Crippen molar-refractivity contribution in [2.24, 2.45) is 0 Å². The lowest BCUT2D eigenvalue weighted by Gasteiger charge is -2.01. The lowest BCUT2D eigenvalue weighted by atomic mass is 10.2. The summed E-state index contributed by atoms with van der Waals surface area (Å²) in [5.41, 5.74) is 1.19. The van der Waals surface area contributed by atoms with Crippen molar-refractivity contribution in [1.29, 1.82) is 0 Å². The van der Waals surface area contributed by atoms with Crippen molar-refractivity contribution in [3.63, 3.8) is 0 Å². The first-order valence-corrected chi connectivity index (χ1v) is 3.91. The second kappa shape index (κ2) is 2.55. The zero-order valence-corrected chi connectivity index (χ0v) is 5.74. The highest BCUT2D eigenvalue weighted by Gasteiger charge is 2.08. The lowest BCUT2D eigenvalue weighted by Crippen LogP contribution is -2.03. The van der Waals surface area contributed by atoms with Crippen molar-refractivity contribution >= 4 is 11.8 Å². The number of hydrogen-bond donors (Lipinski definition) is 1. The van der Waals surface area contributed by atoms with Gasteiger partial charge >= 0.3 is 0 Å². The molecular formula is C6H10OS. The van der Waals surface area contributed by atoms with Gasteiger partial charge in [-0.25, -0.2) is 0 Å². The molecular weight excluding hydrogens is 120 g/mol. The van der Waals surface area contributed by atoms with Gasteiger partial charge in [0, 0.05) is 11.5 Å². The summed E-state index contributed by atoms with van der Waals surface area (Å²) in [6.45, 7) is 1.82. The molecule has 1 atom stereocenters. The van der Waals surface area contributed by atoms with E-state index in [1.165, 1.54) is 5.57 Å².